The SMILES string of the molecule is COC(=O)c1cccc(-c2ccc([C@@H]3[C@H](c4ccccn4)NC(=S)N3c3ccc(N4CCOCC4)cc3)o2)c1. The molecule has 2 aliphatic rings. The van der Waals surface area contributed by atoms with Crippen LogP contribution in [0.2, 0.25) is 0 Å². The van der Waals surface area contributed by atoms with Crippen LogP contribution in [0, 0.1) is 0 Å². The van der Waals surface area contributed by atoms with Crippen molar-refractivity contribution in [2.75, 3.05) is 43.2 Å². The fraction of sp³-hybridized carbons (Fsp3) is 0.233. The van der Waals surface area contributed by atoms with Gasteiger partial charge in [0.15, 0.2) is 5.11 Å². The molecule has 2 aliphatic heterocycles. The van der Waals surface area contributed by atoms with E-state index in [1.807, 2.05) is 42.5 Å². The second-order valence-corrected chi connectivity index (χ2v) is 9.77. The molecule has 1 N–H and O–H groups in total. The molecule has 4 aromatic rings. The third-order valence-corrected chi connectivity index (χ3v) is 7.40. The van der Waals surface area contributed by atoms with Gasteiger partial charge in [0.25, 0.3) is 0 Å². The number of morpholine rings is 1. The van der Waals surface area contributed by atoms with Gasteiger partial charge >= 0.3 is 5.97 Å². The van der Waals surface area contributed by atoms with Crippen molar-refractivity contribution in [3.63, 3.8) is 0 Å². The van der Waals surface area contributed by atoms with Crippen LogP contribution in [-0.4, -0.2) is 49.5 Å². The number of benzene rings is 2. The number of pyridine rings is 1. The van der Waals surface area contributed by atoms with E-state index in [0.717, 1.165) is 54.7 Å². The highest BCUT2D eigenvalue weighted by Gasteiger charge is 2.42. The number of anilines is 2. The summed E-state index contributed by atoms with van der Waals surface area (Å²) in [7, 11) is 1.37. The van der Waals surface area contributed by atoms with Gasteiger partial charge in [-0.05, 0) is 72.9 Å². The zero-order valence-corrected chi connectivity index (χ0v) is 22.3. The number of furan rings is 1. The Morgan fingerprint density at radius 3 is 2.54 bits per heavy atom. The standard InChI is InChI=1S/C30H28N4O4S/c1-36-29(35)21-6-4-5-20(19-21)25-12-13-26(38-25)28-27(24-7-2-3-14-31-24)32-30(39)34(28)23-10-8-22(9-11-23)33-15-17-37-18-16-33/h2-14,19,27-28H,15-18H2,1H3,(H,32,39)/t27-,28+/m0/s1. The largest absolute Gasteiger partial charge is 0.465 e. The minimum absolute atomic E-state index is 0.224. The van der Waals surface area contributed by atoms with Gasteiger partial charge in [-0.25, -0.2) is 4.79 Å². The summed E-state index contributed by atoms with van der Waals surface area (Å²) in [4.78, 5) is 21.1. The van der Waals surface area contributed by atoms with E-state index in [0.29, 0.717) is 16.4 Å². The van der Waals surface area contributed by atoms with Crippen molar-refractivity contribution >= 4 is 34.7 Å². The first-order valence-corrected chi connectivity index (χ1v) is 13.2. The molecular formula is C30H28N4O4S. The summed E-state index contributed by atoms with van der Waals surface area (Å²) in [6.07, 6.45) is 1.78. The number of carbonyl (C=O) groups excluding carboxylic acids is 1. The smallest absolute Gasteiger partial charge is 0.337 e. The summed E-state index contributed by atoms with van der Waals surface area (Å²) in [5, 5.41) is 4.07. The van der Waals surface area contributed by atoms with Crippen molar-refractivity contribution in [1.82, 2.24) is 10.3 Å². The Labute approximate surface area is 232 Å². The van der Waals surface area contributed by atoms with Crippen LogP contribution < -0.4 is 15.1 Å². The second-order valence-electron chi connectivity index (χ2n) is 9.39. The average Bonchev–Trinajstić information content (AvgIpc) is 3.62. The lowest BCUT2D eigenvalue weighted by atomic mass is 10.0. The Morgan fingerprint density at radius 2 is 1.79 bits per heavy atom. The maximum Gasteiger partial charge on any atom is 0.337 e. The number of esters is 1. The molecule has 198 valence electrons. The molecule has 0 radical (unpaired) electrons. The van der Waals surface area contributed by atoms with E-state index in [-0.39, 0.29) is 12.1 Å². The van der Waals surface area contributed by atoms with Crippen molar-refractivity contribution in [3.8, 4) is 11.3 Å². The molecule has 0 bridgehead atoms. The first-order chi connectivity index (χ1) is 19.1. The molecule has 2 saturated heterocycles. The van der Waals surface area contributed by atoms with Crippen LogP contribution in [0.15, 0.2) is 89.5 Å². The van der Waals surface area contributed by atoms with Crippen LogP contribution in [0.25, 0.3) is 11.3 Å². The molecule has 2 aromatic heterocycles. The minimum Gasteiger partial charge on any atom is -0.465 e. The Bertz CT molecular complexity index is 1470. The average molecular weight is 541 g/mol. The van der Waals surface area contributed by atoms with E-state index in [9.17, 15) is 4.79 Å². The van der Waals surface area contributed by atoms with Crippen molar-refractivity contribution in [1.29, 1.82) is 0 Å². The van der Waals surface area contributed by atoms with Gasteiger partial charge in [0.2, 0.25) is 0 Å². The van der Waals surface area contributed by atoms with Gasteiger partial charge in [0, 0.05) is 36.2 Å². The number of methoxy groups -OCH3 is 1. The topological polar surface area (TPSA) is 80.1 Å². The van der Waals surface area contributed by atoms with Crippen LogP contribution in [0.5, 0.6) is 0 Å². The number of hydrogen-bond acceptors (Lipinski definition) is 7. The summed E-state index contributed by atoms with van der Waals surface area (Å²) in [6.45, 7) is 3.22. The van der Waals surface area contributed by atoms with Gasteiger partial charge in [-0.15, -0.1) is 0 Å². The molecule has 9 heteroatoms. The Morgan fingerprint density at radius 1 is 1.00 bits per heavy atom. The minimum atomic E-state index is -0.393. The lowest BCUT2D eigenvalue weighted by Gasteiger charge is -2.30. The monoisotopic (exact) mass is 540 g/mol. The quantitative estimate of drug-likeness (QED) is 0.264. The van der Waals surface area contributed by atoms with E-state index in [4.69, 9.17) is 26.1 Å². The van der Waals surface area contributed by atoms with E-state index in [2.05, 4.69) is 44.4 Å². The van der Waals surface area contributed by atoms with Crippen molar-refractivity contribution in [2.24, 2.45) is 0 Å². The lowest BCUT2D eigenvalue weighted by Crippen LogP contribution is -2.36. The first-order valence-electron chi connectivity index (χ1n) is 12.8. The molecule has 0 saturated carbocycles. The summed E-state index contributed by atoms with van der Waals surface area (Å²) >= 11 is 5.86. The molecular weight excluding hydrogens is 512 g/mol. The molecule has 2 aromatic carbocycles. The van der Waals surface area contributed by atoms with Gasteiger partial charge in [-0.1, -0.05) is 18.2 Å². The number of nitrogens with one attached hydrogen (secondary N) is 1. The van der Waals surface area contributed by atoms with Crippen LogP contribution in [0.1, 0.15) is 33.9 Å². The predicted octanol–water partition coefficient (Wildman–Crippen LogP) is 5.14. The van der Waals surface area contributed by atoms with Crippen LogP contribution >= 0.6 is 12.2 Å². The van der Waals surface area contributed by atoms with Crippen LogP contribution in [-0.2, 0) is 9.47 Å². The third-order valence-electron chi connectivity index (χ3n) is 7.09. The number of rotatable bonds is 6. The summed E-state index contributed by atoms with van der Waals surface area (Å²) in [5.41, 5.74) is 4.23. The second kappa shape index (κ2) is 10.9. The van der Waals surface area contributed by atoms with Gasteiger partial charge in [0.05, 0.1) is 37.6 Å². The van der Waals surface area contributed by atoms with Crippen molar-refractivity contribution in [3.05, 3.63) is 102 Å². The predicted molar refractivity (Wildman–Crippen MR) is 153 cm³/mol. The molecule has 0 unspecified atom stereocenters. The fourth-order valence-corrected chi connectivity index (χ4v) is 5.50. The number of ether oxygens (including phenoxy) is 2. The molecule has 0 aliphatic carbocycles. The zero-order chi connectivity index (χ0) is 26.8. The van der Waals surface area contributed by atoms with Gasteiger partial charge in [-0.2, -0.15) is 0 Å². The van der Waals surface area contributed by atoms with Crippen LogP contribution in [0.3, 0.4) is 0 Å². The summed E-state index contributed by atoms with van der Waals surface area (Å²) in [5.74, 6) is 0.987. The van der Waals surface area contributed by atoms with Gasteiger partial charge in [-0.3, -0.25) is 4.98 Å². The normalized spacial score (nSPS) is 19.2. The maximum absolute atomic E-state index is 12.1. The summed E-state index contributed by atoms with van der Waals surface area (Å²) in [6, 6.07) is 24.9. The number of hydrogen-bond donors (Lipinski definition) is 1. The highest BCUT2D eigenvalue weighted by molar-refractivity contribution is 7.80. The molecule has 0 amide bonds. The van der Waals surface area contributed by atoms with E-state index < -0.39 is 5.97 Å². The lowest BCUT2D eigenvalue weighted by molar-refractivity contribution is 0.0600. The fourth-order valence-electron chi connectivity index (χ4n) is 5.15. The zero-order valence-electron chi connectivity index (χ0n) is 21.4. The van der Waals surface area contributed by atoms with Gasteiger partial charge < -0.3 is 29.0 Å². The molecule has 2 fully saturated rings. The van der Waals surface area contributed by atoms with E-state index in [1.54, 1.807) is 18.3 Å². The van der Waals surface area contributed by atoms with Gasteiger partial charge in [0.1, 0.15) is 17.6 Å². The molecule has 39 heavy (non-hydrogen) atoms. The van der Waals surface area contributed by atoms with Crippen LogP contribution in [0.4, 0.5) is 11.4 Å². The van der Waals surface area contributed by atoms with Crippen molar-refractivity contribution < 1.29 is 18.7 Å². The number of nitrogens with zero attached hydrogens (tertiary/aromatic N) is 3. The number of aromatic nitrogens is 1. The Hall–Kier alpha value is -4.21. The van der Waals surface area contributed by atoms with E-state index >= 15 is 0 Å². The molecule has 8 nitrogen and oxygen atoms in total. The third kappa shape index (κ3) is 4.98. The Balaban J connectivity index is 1.36. The van der Waals surface area contributed by atoms with E-state index in [1.165, 1.54) is 7.11 Å². The first kappa shape index (κ1) is 25.1. The summed E-state index contributed by atoms with van der Waals surface area (Å²) < 4.78 is 16.8. The highest BCUT2D eigenvalue weighted by atomic mass is 32.1. The number of thiocarbonyl (C=S) groups is 1. The molecule has 0 spiro atoms. The maximum atomic E-state index is 12.1. The Kier molecular flexibility index (Phi) is 7.00. The molecule has 6 rings (SSSR count). The number of carbonyl (C=O) groups is 1. The molecule has 4 heterocycles. The molecule has 2 atom stereocenters. The highest BCUT2D eigenvalue weighted by Crippen LogP contribution is 2.43. The van der Waals surface area contributed by atoms with Crippen molar-refractivity contribution in [2.45, 2.75) is 12.1 Å².